The Hall–Kier alpha value is -1.78. The van der Waals surface area contributed by atoms with Crippen molar-refractivity contribution in [3.8, 4) is 0 Å². The van der Waals surface area contributed by atoms with E-state index in [0.717, 1.165) is 16.0 Å². The van der Waals surface area contributed by atoms with Crippen molar-refractivity contribution in [1.29, 1.82) is 0 Å². The molecule has 2 heterocycles. The molecule has 4 aromatic rings. The Kier molecular flexibility index (Phi) is 6.04. The van der Waals surface area contributed by atoms with Crippen LogP contribution in [0, 0.1) is 13.8 Å². The number of aromatic nitrogens is 2. The first kappa shape index (κ1) is 16.6. The van der Waals surface area contributed by atoms with Gasteiger partial charge in [-0.25, -0.2) is 9.97 Å². The minimum absolute atomic E-state index is 1.10. The van der Waals surface area contributed by atoms with Crippen molar-refractivity contribution >= 4 is 43.1 Å². The van der Waals surface area contributed by atoms with Gasteiger partial charge in [-0.2, -0.15) is 0 Å². The molecule has 0 saturated carbocycles. The molecule has 4 heteroatoms. The highest BCUT2D eigenvalue weighted by atomic mass is 32.1. The van der Waals surface area contributed by atoms with E-state index in [9.17, 15) is 0 Å². The molecule has 4 rings (SSSR count). The van der Waals surface area contributed by atoms with Crippen molar-refractivity contribution in [2.75, 3.05) is 0 Å². The lowest BCUT2D eigenvalue weighted by molar-refractivity contribution is 1.34. The second-order valence-corrected chi connectivity index (χ2v) is 6.65. The molecule has 0 fully saturated rings. The van der Waals surface area contributed by atoms with Crippen molar-refractivity contribution in [1.82, 2.24) is 9.97 Å². The van der Waals surface area contributed by atoms with Crippen LogP contribution in [-0.2, 0) is 0 Å². The number of benzene rings is 2. The van der Waals surface area contributed by atoms with Gasteiger partial charge in [-0.05, 0) is 43.7 Å². The van der Waals surface area contributed by atoms with Gasteiger partial charge >= 0.3 is 0 Å². The van der Waals surface area contributed by atoms with Crippen molar-refractivity contribution < 1.29 is 0 Å². The van der Waals surface area contributed by atoms with E-state index in [1.165, 1.54) is 15.0 Å². The summed E-state index contributed by atoms with van der Waals surface area (Å²) in [5.41, 5.74) is 5.40. The molecule has 0 radical (unpaired) electrons. The average molecular weight is 329 g/mol. The Labute approximate surface area is 139 Å². The van der Waals surface area contributed by atoms with Crippen LogP contribution in [0.4, 0.5) is 0 Å². The number of hydrogen-bond donors (Lipinski definition) is 0. The Morgan fingerprint density at radius 1 is 0.864 bits per heavy atom. The minimum Gasteiger partial charge on any atom is -0.245 e. The maximum absolute atomic E-state index is 4.37. The second-order valence-electron chi connectivity index (χ2n) is 4.52. The average Bonchev–Trinajstić information content (AvgIpc) is 3.14. The largest absolute Gasteiger partial charge is 0.245 e. The third-order valence-corrected chi connectivity index (χ3v) is 4.63. The Morgan fingerprint density at radius 2 is 1.64 bits per heavy atom. The maximum Gasteiger partial charge on any atom is 0.0907 e. The normalized spacial score (nSPS) is 9.82. The molecule has 0 N–H and O–H groups in total. The zero-order valence-electron chi connectivity index (χ0n) is 13.3. The number of aryl methyl sites for hydroxylation is 2. The third kappa shape index (κ3) is 4.12. The summed E-state index contributed by atoms with van der Waals surface area (Å²) in [6, 6.07) is 14.5. The molecular weight excluding hydrogens is 308 g/mol. The zero-order chi connectivity index (χ0) is 15.9. The van der Waals surface area contributed by atoms with Crippen LogP contribution in [0.1, 0.15) is 24.4 Å². The Balaban J connectivity index is 0.000000146. The highest BCUT2D eigenvalue weighted by Crippen LogP contribution is 2.21. The number of para-hydroxylation sites is 1. The van der Waals surface area contributed by atoms with Crippen molar-refractivity contribution in [3.63, 3.8) is 0 Å². The first-order valence-electron chi connectivity index (χ1n) is 7.34. The van der Waals surface area contributed by atoms with Crippen molar-refractivity contribution in [2.24, 2.45) is 0 Å². The van der Waals surface area contributed by atoms with Gasteiger partial charge < -0.3 is 0 Å². The van der Waals surface area contributed by atoms with Gasteiger partial charge in [0.25, 0.3) is 0 Å². The van der Waals surface area contributed by atoms with Crippen LogP contribution in [0.3, 0.4) is 0 Å². The fraction of sp³-hybridized carbons (Fsp3) is 0.222. The third-order valence-electron chi connectivity index (χ3n) is 2.89. The second kappa shape index (κ2) is 8.01. The van der Waals surface area contributed by atoms with Crippen LogP contribution in [0.5, 0.6) is 0 Å². The number of rotatable bonds is 0. The molecule has 0 unspecified atom stereocenters. The standard InChI is InChI=1S/C9H9NS.C7H5NS.C2H6/c1-6-3-4-8-9(5-6)11-7(2)10-8;1-2-4-7-6(3-1)8-5-9-7;1-2/h3-5H,1-2H3;1-5H;1-2H3. The molecule has 0 atom stereocenters. The van der Waals surface area contributed by atoms with Gasteiger partial charge in [0.1, 0.15) is 0 Å². The molecule has 22 heavy (non-hydrogen) atoms. The van der Waals surface area contributed by atoms with Gasteiger partial charge in [-0.15, -0.1) is 22.7 Å². The predicted molar refractivity (Wildman–Crippen MR) is 100 cm³/mol. The number of thiazole rings is 2. The SMILES string of the molecule is CC.Cc1ccc2nc(C)sc2c1.c1ccc2scnc2c1. The number of fused-ring (bicyclic) bond motifs is 2. The van der Waals surface area contributed by atoms with Gasteiger partial charge in [0.05, 0.1) is 31.0 Å². The molecule has 0 aliphatic heterocycles. The van der Waals surface area contributed by atoms with Crippen LogP contribution >= 0.6 is 22.7 Å². The summed E-state index contributed by atoms with van der Waals surface area (Å²) in [5.74, 6) is 0. The van der Waals surface area contributed by atoms with Crippen LogP contribution in [0.2, 0.25) is 0 Å². The van der Waals surface area contributed by atoms with Gasteiger partial charge in [0.15, 0.2) is 0 Å². The summed E-state index contributed by atoms with van der Waals surface area (Å²) in [4.78, 5) is 8.51. The lowest BCUT2D eigenvalue weighted by Gasteiger charge is -1.88. The van der Waals surface area contributed by atoms with Gasteiger partial charge in [0, 0.05) is 0 Å². The van der Waals surface area contributed by atoms with Crippen molar-refractivity contribution in [2.45, 2.75) is 27.7 Å². The monoisotopic (exact) mass is 328 g/mol. The topological polar surface area (TPSA) is 25.8 Å². The summed E-state index contributed by atoms with van der Waals surface area (Å²) in [6.45, 7) is 8.15. The van der Waals surface area contributed by atoms with Gasteiger partial charge in [-0.3, -0.25) is 0 Å². The first-order chi connectivity index (χ1) is 10.7. The molecule has 0 saturated heterocycles. The first-order valence-corrected chi connectivity index (χ1v) is 9.04. The molecule has 0 amide bonds. The zero-order valence-corrected chi connectivity index (χ0v) is 15.0. The highest BCUT2D eigenvalue weighted by molar-refractivity contribution is 7.18. The summed E-state index contributed by atoms with van der Waals surface area (Å²) in [5, 5.41) is 1.14. The summed E-state index contributed by atoms with van der Waals surface area (Å²) >= 11 is 3.43. The summed E-state index contributed by atoms with van der Waals surface area (Å²) < 4.78 is 2.56. The molecule has 114 valence electrons. The lowest BCUT2D eigenvalue weighted by atomic mass is 10.2. The van der Waals surface area contributed by atoms with Crippen LogP contribution in [-0.4, -0.2) is 9.97 Å². The molecule has 2 nitrogen and oxygen atoms in total. The van der Waals surface area contributed by atoms with E-state index in [1.807, 2.05) is 44.5 Å². The smallest absolute Gasteiger partial charge is 0.0907 e. The molecule has 0 bridgehead atoms. The minimum atomic E-state index is 1.10. The van der Waals surface area contributed by atoms with Crippen LogP contribution in [0.15, 0.2) is 48.0 Å². The van der Waals surface area contributed by atoms with Crippen LogP contribution < -0.4 is 0 Å². The quantitative estimate of drug-likeness (QED) is 0.382. The van der Waals surface area contributed by atoms with E-state index in [1.54, 1.807) is 22.7 Å². The molecular formula is C18H20N2S2. The summed E-state index contributed by atoms with van der Waals surface area (Å²) in [7, 11) is 0. The summed E-state index contributed by atoms with van der Waals surface area (Å²) in [6.07, 6.45) is 0. The van der Waals surface area contributed by atoms with Crippen molar-refractivity contribution in [3.05, 3.63) is 58.5 Å². The fourth-order valence-corrected chi connectivity index (χ4v) is 3.55. The maximum atomic E-state index is 4.37. The van der Waals surface area contributed by atoms with E-state index < -0.39 is 0 Å². The van der Waals surface area contributed by atoms with E-state index in [4.69, 9.17) is 0 Å². The van der Waals surface area contributed by atoms with E-state index >= 15 is 0 Å². The molecule has 2 aromatic heterocycles. The predicted octanol–water partition coefficient (Wildman–Crippen LogP) is 6.24. The molecule has 2 aromatic carbocycles. The van der Waals surface area contributed by atoms with Gasteiger partial charge in [-0.1, -0.05) is 32.0 Å². The highest BCUT2D eigenvalue weighted by Gasteiger charge is 1.98. The van der Waals surface area contributed by atoms with Gasteiger partial charge in [0.2, 0.25) is 0 Å². The molecule has 0 spiro atoms. The van der Waals surface area contributed by atoms with E-state index in [0.29, 0.717) is 0 Å². The van der Waals surface area contributed by atoms with E-state index in [-0.39, 0.29) is 0 Å². The van der Waals surface area contributed by atoms with E-state index in [2.05, 4.69) is 41.2 Å². The molecule has 0 aliphatic carbocycles. The molecule has 0 aliphatic rings. The van der Waals surface area contributed by atoms with Crippen LogP contribution in [0.25, 0.3) is 20.4 Å². The fourth-order valence-electron chi connectivity index (χ4n) is 1.95. The Morgan fingerprint density at radius 3 is 2.41 bits per heavy atom. The Bertz CT molecular complexity index is 816. The lowest BCUT2D eigenvalue weighted by Crippen LogP contribution is -1.70. The number of nitrogens with zero attached hydrogens (tertiary/aromatic N) is 2. The number of hydrogen-bond acceptors (Lipinski definition) is 4.